The van der Waals surface area contributed by atoms with Gasteiger partial charge in [-0.25, -0.2) is 0 Å². The number of benzene rings is 1. The van der Waals surface area contributed by atoms with Gasteiger partial charge in [0.25, 0.3) is 5.91 Å². The lowest BCUT2D eigenvalue weighted by atomic mass is 9.96. The van der Waals surface area contributed by atoms with Gasteiger partial charge in [-0.15, -0.1) is 11.6 Å². The molecule has 0 spiro atoms. The summed E-state index contributed by atoms with van der Waals surface area (Å²) in [7, 11) is 0. The third-order valence-electron chi connectivity index (χ3n) is 6.05. The predicted octanol–water partition coefficient (Wildman–Crippen LogP) is 4.36. The Morgan fingerprint density at radius 3 is 2.18 bits per heavy atom. The molecule has 1 aromatic carbocycles. The average molecular weight is 406 g/mol. The van der Waals surface area contributed by atoms with Crippen molar-refractivity contribution in [1.29, 1.82) is 0 Å². The van der Waals surface area contributed by atoms with Gasteiger partial charge < -0.3 is 15.1 Å². The van der Waals surface area contributed by atoms with Crippen LogP contribution in [0.25, 0.3) is 0 Å². The molecule has 5 nitrogen and oxygen atoms in total. The Morgan fingerprint density at radius 1 is 1.04 bits per heavy atom. The van der Waals surface area contributed by atoms with Crippen molar-refractivity contribution in [3.8, 4) is 0 Å². The van der Waals surface area contributed by atoms with E-state index in [0.29, 0.717) is 17.2 Å². The highest BCUT2D eigenvalue weighted by atomic mass is 35.5. The van der Waals surface area contributed by atoms with Gasteiger partial charge >= 0.3 is 0 Å². The number of likely N-dealkylation sites (tertiary alicyclic amines) is 1. The Kier molecular flexibility index (Phi) is 6.86. The predicted molar refractivity (Wildman–Crippen MR) is 115 cm³/mol. The number of nitrogens with zero attached hydrogens (tertiary/aromatic N) is 2. The number of alkyl halides is 1. The van der Waals surface area contributed by atoms with Crippen molar-refractivity contribution in [2.75, 3.05) is 36.4 Å². The van der Waals surface area contributed by atoms with Crippen molar-refractivity contribution in [2.24, 2.45) is 11.8 Å². The van der Waals surface area contributed by atoms with E-state index in [9.17, 15) is 9.59 Å². The maximum atomic E-state index is 13.4. The van der Waals surface area contributed by atoms with Crippen LogP contribution in [0.3, 0.4) is 0 Å². The number of anilines is 2. The van der Waals surface area contributed by atoms with E-state index in [0.717, 1.165) is 63.5 Å². The molecule has 0 bridgehead atoms. The Balaban J connectivity index is 1.87. The first-order chi connectivity index (χ1) is 13.3. The first-order valence-electron chi connectivity index (χ1n) is 10.5. The second-order valence-electron chi connectivity index (χ2n) is 8.48. The van der Waals surface area contributed by atoms with E-state index in [1.807, 2.05) is 23.1 Å². The number of carbonyl (C=O) groups excluding carboxylic acids is 2. The van der Waals surface area contributed by atoms with Crippen LogP contribution in [0.5, 0.6) is 0 Å². The maximum absolute atomic E-state index is 13.4. The van der Waals surface area contributed by atoms with Gasteiger partial charge in [-0.1, -0.05) is 13.8 Å². The molecule has 28 heavy (non-hydrogen) atoms. The number of hydrogen-bond donors (Lipinski definition) is 1. The summed E-state index contributed by atoms with van der Waals surface area (Å²) >= 11 is 5.89. The van der Waals surface area contributed by atoms with Crippen molar-refractivity contribution in [3.05, 3.63) is 23.8 Å². The minimum absolute atomic E-state index is 0.0653. The number of rotatable bonds is 4. The maximum Gasteiger partial charge on any atom is 0.256 e. The van der Waals surface area contributed by atoms with Gasteiger partial charge in [0.15, 0.2) is 0 Å². The first kappa shape index (κ1) is 21.0. The minimum atomic E-state index is -0.619. The Bertz CT molecular complexity index is 706. The largest absolute Gasteiger partial charge is 0.371 e. The van der Waals surface area contributed by atoms with Crippen LogP contribution in [0.2, 0.25) is 0 Å². The fraction of sp³-hybridized carbons (Fsp3) is 0.636. The normalized spacial score (nSPS) is 20.1. The molecule has 2 fully saturated rings. The first-order valence-corrected chi connectivity index (χ1v) is 10.9. The fourth-order valence-corrected chi connectivity index (χ4v) is 3.99. The number of amides is 2. The third-order valence-corrected chi connectivity index (χ3v) is 6.25. The zero-order valence-electron chi connectivity index (χ0n) is 17.2. The SMILES string of the molecule is CC1CCN(C(=O)c2cc(NC(=O)C(C)Cl)ccc2N2CCC(C)CC2)CC1. The smallest absolute Gasteiger partial charge is 0.256 e. The summed E-state index contributed by atoms with van der Waals surface area (Å²) in [6.07, 6.45) is 4.36. The lowest BCUT2D eigenvalue weighted by Gasteiger charge is -2.35. The van der Waals surface area contributed by atoms with E-state index in [1.165, 1.54) is 0 Å². The van der Waals surface area contributed by atoms with Crippen LogP contribution in [0.15, 0.2) is 18.2 Å². The highest BCUT2D eigenvalue weighted by Crippen LogP contribution is 2.30. The van der Waals surface area contributed by atoms with Gasteiger partial charge in [-0.05, 0) is 62.6 Å². The van der Waals surface area contributed by atoms with Crippen LogP contribution in [0.4, 0.5) is 11.4 Å². The van der Waals surface area contributed by atoms with E-state index < -0.39 is 5.38 Å². The molecule has 2 amide bonds. The summed E-state index contributed by atoms with van der Waals surface area (Å²) in [4.78, 5) is 29.6. The zero-order chi connectivity index (χ0) is 20.3. The molecule has 0 saturated carbocycles. The van der Waals surface area contributed by atoms with Gasteiger partial charge in [0.2, 0.25) is 5.91 Å². The van der Waals surface area contributed by atoms with Crippen LogP contribution >= 0.6 is 11.6 Å². The summed E-state index contributed by atoms with van der Waals surface area (Å²) in [5.74, 6) is 1.20. The molecule has 3 rings (SSSR count). The van der Waals surface area contributed by atoms with Crippen LogP contribution < -0.4 is 10.2 Å². The molecule has 2 aliphatic rings. The van der Waals surface area contributed by atoms with Crippen molar-refractivity contribution in [1.82, 2.24) is 4.90 Å². The Morgan fingerprint density at radius 2 is 1.61 bits per heavy atom. The number of halogens is 1. The molecule has 1 N–H and O–H groups in total. The third kappa shape index (κ3) is 4.99. The van der Waals surface area contributed by atoms with Crippen molar-refractivity contribution in [2.45, 2.75) is 51.8 Å². The molecule has 1 aromatic rings. The van der Waals surface area contributed by atoms with E-state index >= 15 is 0 Å². The topological polar surface area (TPSA) is 52.7 Å². The molecular formula is C22H32ClN3O2. The number of nitrogens with one attached hydrogen (secondary N) is 1. The standard InChI is InChI=1S/C22H32ClN3O2/c1-15-6-10-25(11-7-15)20-5-4-18(24-21(27)17(3)23)14-19(20)22(28)26-12-8-16(2)9-13-26/h4-5,14-17H,6-13H2,1-3H3,(H,24,27). The second-order valence-corrected chi connectivity index (χ2v) is 9.14. The van der Waals surface area contributed by atoms with Crippen molar-refractivity contribution in [3.63, 3.8) is 0 Å². The summed E-state index contributed by atoms with van der Waals surface area (Å²) in [6.45, 7) is 9.68. The molecule has 0 aliphatic carbocycles. The quantitative estimate of drug-likeness (QED) is 0.757. The Labute approximate surface area is 173 Å². The molecule has 154 valence electrons. The minimum Gasteiger partial charge on any atom is -0.371 e. The van der Waals surface area contributed by atoms with Gasteiger partial charge in [0.05, 0.1) is 5.56 Å². The molecule has 0 aromatic heterocycles. The molecular weight excluding hydrogens is 374 g/mol. The molecule has 6 heteroatoms. The van der Waals surface area contributed by atoms with E-state index in [1.54, 1.807) is 6.92 Å². The van der Waals surface area contributed by atoms with Crippen LogP contribution in [-0.2, 0) is 4.79 Å². The monoisotopic (exact) mass is 405 g/mol. The van der Waals surface area contributed by atoms with Crippen LogP contribution in [0, 0.1) is 11.8 Å². The van der Waals surface area contributed by atoms with Crippen LogP contribution in [-0.4, -0.2) is 48.3 Å². The summed E-state index contributed by atoms with van der Waals surface area (Å²) < 4.78 is 0. The summed E-state index contributed by atoms with van der Waals surface area (Å²) in [6, 6.07) is 5.68. The van der Waals surface area contributed by atoms with Gasteiger partial charge in [-0.2, -0.15) is 0 Å². The van der Waals surface area contributed by atoms with E-state index in [-0.39, 0.29) is 11.8 Å². The molecule has 1 atom stereocenters. The van der Waals surface area contributed by atoms with Crippen molar-refractivity contribution >= 4 is 34.8 Å². The molecule has 2 heterocycles. The van der Waals surface area contributed by atoms with Crippen LogP contribution in [0.1, 0.15) is 56.8 Å². The highest BCUT2D eigenvalue weighted by Gasteiger charge is 2.27. The van der Waals surface area contributed by atoms with Gasteiger partial charge in [-0.3, -0.25) is 9.59 Å². The van der Waals surface area contributed by atoms with E-state index in [2.05, 4.69) is 24.1 Å². The summed E-state index contributed by atoms with van der Waals surface area (Å²) in [5.41, 5.74) is 2.29. The second kappa shape index (κ2) is 9.17. The lowest BCUT2D eigenvalue weighted by Crippen LogP contribution is -2.40. The van der Waals surface area contributed by atoms with Gasteiger partial charge in [0.1, 0.15) is 5.38 Å². The molecule has 1 unspecified atom stereocenters. The fourth-order valence-electron chi connectivity index (χ4n) is 3.93. The lowest BCUT2D eigenvalue weighted by molar-refractivity contribution is -0.115. The Hall–Kier alpha value is -1.75. The molecule has 0 radical (unpaired) electrons. The summed E-state index contributed by atoms with van der Waals surface area (Å²) in [5, 5.41) is 2.20. The average Bonchev–Trinajstić information content (AvgIpc) is 2.68. The van der Waals surface area contributed by atoms with Crippen molar-refractivity contribution < 1.29 is 9.59 Å². The van der Waals surface area contributed by atoms with E-state index in [4.69, 9.17) is 11.6 Å². The van der Waals surface area contributed by atoms with Gasteiger partial charge in [0, 0.05) is 37.6 Å². The number of carbonyl (C=O) groups is 2. The zero-order valence-corrected chi connectivity index (χ0v) is 18.0. The number of hydrogen-bond acceptors (Lipinski definition) is 3. The highest BCUT2D eigenvalue weighted by molar-refractivity contribution is 6.32. The molecule has 2 aliphatic heterocycles. The number of piperidine rings is 2. The molecule has 2 saturated heterocycles.